The summed E-state index contributed by atoms with van der Waals surface area (Å²) in [6.45, 7) is 1.76. The van der Waals surface area contributed by atoms with Crippen molar-refractivity contribution in [3.05, 3.63) is 41.8 Å². The minimum Gasteiger partial charge on any atom is -0.472 e. The van der Waals surface area contributed by atoms with Gasteiger partial charge in [0.2, 0.25) is 11.8 Å². The first-order valence-corrected chi connectivity index (χ1v) is 7.51. The van der Waals surface area contributed by atoms with Crippen molar-refractivity contribution >= 4 is 22.6 Å². The first-order chi connectivity index (χ1) is 10.8. The lowest BCUT2D eigenvalue weighted by molar-refractivity contribution is 0.213. The molecule has 3 heterocycles. The number of para-hydroxylation sites is 2. The molecule has 1 saturated heterocycles. The molecular weight excluding hydrogens is 302 g/mol. The lowest BCUT2D eigenvalue weighted by Crippen LogP contribution is -2.20. The predicted molar refractivity (Wildman–Crippen MR) is 83.6 cm³/mol. The molecule has 6 nitrogen and oxygen atoms in total. The Hall–Kier alpha value is -2.18. The van der Waals surface area contributed by atoms with Crippen molar-refractivity contribution in [1.29, 1.82) is 0 Å². The van der Waals surface area contributed by atoms with Crippen LogP contribution in [-0.2, 0) is 0 Å². The number of imidazole rings is 1. The van der Waals surface area contributed by atoms with Crippen LogP contribution in [0.2, 0.25) is 5.02 Å². The maximum atomic E-state index is 6.16. The van der Waals surface area contributed by atoms with E-state index in [9.17, 15) is 0 Å². The summed E-state index contributed by atoms with van der Waals surface area (Å²) in [6.07, 6.45) is 4.31. The smallest absolute Gasteiger partial charge is 0.238 e. The van der Waals surface area contributed by atoms with E-state index >= 15 is 0 Å². The van der Waals surface area contributed by atoms with Crippen LogP contribution < -0.4 is 10.1 Å². The quantitative estimate of drug-likeness (QED) is 0.803. The summed E-state index contributed by atoms with van der Waals surface area (Å²) < 4.78 is 7.70. The Morgan fingerprint density at radius 1 is 1.27 bits per heavy atom. The lowest BCUT2D eigenvalue weighted by atomic mass is 10.3. The summed E-state index contributed by atoms with van der Waals surface area (Å²) in [7, 11) is 0. The Bertz CT molecular complexity index is 813. The molecule has 1 aliphatic heterocycles. The van der Waals surface area contributed by atoms with Gasteiger partial charge in [0.15, 0.2) is 0 Å². The number of fused-ring (bicyclic) bond motifs is 1. The number of aromatic nitrogens is 4. The molecule has 0 spiro atoms. The third-order valence-corrected chi connectivity index (χ3v) is 3.92. The second-order valence-electron chi connectivity index (χ2n) is 5.16. The molecule has 0 radical (unpaired) electrons. The predicted octanol–water partition coefficient (Wildman–Crippen LogP) is 2.21. The van der Waals surface area contributed by atoms with Crippen molar-refractivity contribution in [1.82, 2.24) is 24.8 Å². The van der Waals surface area contributed by atoms with Crippen LogP contribution in [0.3, 0.4) is 0 Å². The number of halogens is 1. The van der Waals surface area contributed by atoms with E-state index in [-0.39, 0.29) is 6.10 Å². The Kier molecular flexibility index (Phi) is 3.40. The molecule has 0 bridgehead atoms. The van der Waals surface area contributed by atoms with Gasteiger partial charge in [-0.05, 0) is 25.1 Å². The number of ether oxygens (including phenoxy) is 1. The molecule has 0 amide bonds. The molecule has 0 saturated carbocycles. The van der Waals surface area contributed by atoms with Crippen molar-refractivity contribution < 1.29 is 4.74 Å². The SMILES string of the molecule is Clc1cnc(-n2cnc3ccccc32)nc1O[C@@H]1CCNC1. The topological polar surface area (TPSA) is 64.9 Å². The van der Waals surface area contributed by atoms with Crippen LogP contribution >= 0.6 is 11.6 Å². The fourth-order valence-electron chi connectivity index (χ4n) is 2.55. The highest BCUT2D eigenvalue weighted by atomic mass is 35.5. The van der Waals surface area contributed by atoms with Gasteiger partial charge in [0.25, 0.3) is 0 Å². The van der Waals surface area contributed by atoms with Gasteiger partial charge in [0.05, 0.1) is 17.2 Å². The van der Waals surface area contributed by atoms with Crippen molar-refractivity contribution in [2.75, 3.05) is 13.1 Å². The van der Waals surface area contributed by atoms with Crippen LogP contribution in [-0.4, -0.2) is 38.7 Å². The average Bonchev–Trinajstić information content (AvgIpc) is 3.19. The summed E-state index contributed by atoms with van der Waals surface area (Å²) >= 11 is 6.16. The molecule has 0 aliphatic carbocycles. The number of hydrogen-bond acceptors (Lipinski definition) is 5. The standard InChI is InChI=1S/C15H14ClN5O/c16-11-8-18-15(20-14(11)22-10-5-6-17-7-10)21-9-19-12-3-1-2-4-13(12)21/h1-4,8-10,17H,5-7H2/t10-/m1/s1. The highest BCUT2D eigenvalue weighted by molar-refractivity contribution is 6.31. The monoisotopic (exact) mass is 315 g/mol. The van der Waals surface area contributed by atoms with E-state index in [1.807, 2.05) is 28.8 Å². The van der Waals surface area contributed by atoms with E-state index in [0.717, 1.165) is 30.5 Å². The van der Waals surface area contributed by atoms with Gasteiger partial charge in [-0.3, -0.25) is 4.57 Å². The summed E-state index contributed by atoms with van der Waals surface area (Å²) in [5, 5.41) is 3.67. The number of nitrogens with zero attached hydrogens (tertiary/aromatic N) is 4. The normalized spacial score (nSPS) is 18.0. The summed E-state index contributed by atoms with van der Waals surface area (Å²) in [6, 6.07) is 7.83. The Morgan fingerprint density at radius 2 is 2.18 bits per heavy atom. The van der Waals surface area contributed by atoms with Crippen LogP contribution in [0.15, 0.2) is 36.8 Å². The average molecular weight is 316 g/mol. The van der Waals surface area contributed by atoms with Gasteiger partial charge in [0.1, 0.15) is 17.5 Å². The van der Waals surface area contributed by atoms with E-state index in [1.165, 1.54) is 0 Å². The number of benzene rings is 1. The molecule has 1 aromatic carbocycles. The summed E-state index contributed by atoms with van der Waals surface area (Å²) in [4.78, 5) is 13.1. The highest BCUT2D eigenvalue weighted by Gasteiger charge is 2.19. The van der Waals surface area contributed by atoms with Crippen LogP contribution in [0.4, 0.5) is 0 Å². The number of rotatable bonds is 3. The van der Waals surface area contributed by atoms with E-state index in [4.69, 9.17) is 16.3 Å². The third kappa shape index (κ3) is 2.40. The van der Waals surface area contributed by atoms with Gasteiger partial charge in [-0.15, -0.1) is 0 Å². The molecule has 1 aliphatic rings. The molecule has 1 fully saturated rings. The third-order valence-electron chi connectivity index (χ3n) is 3.66. The molecule has 1 N–H and O–H groups in total. The molecule has 112 valence electrons. The molecule has 1 atom stereocenters. The van der Waals surface area contributed by atoms with Crippen molar-refractivity contribution in [2.45, 2.75) is 12.5 Å². The summed E-state index contributed by atoms with van der Waals surface area (Å²) in [5.41, 5.74) is 1.84. The highest BCUT2D eigenvalue weighted by Crippen LogP contribution is 2.25. The van der Waals surface area contributed by atoms with Gasteiger partial charge in [0, 0.05) is 6.54 Å². The second kappa shape index (κ2) is 5.55. The maximum absolute atomic E-state index is 6.16. The first kappa shape index (κ1) is 13.5. The first-order valence-electron chi connectivity index (χ1n) is 7.13. The number of hydrogen-bond donors (Lipinski definition) is 1. The maximum Gasteiger partial charge on any atom is 0.238 e. The van der Waals surface area contributed by atoms with Gasteiger partial charge in [-0.1, -0.05) is 23.7 Å². The molecule has 3 aromatic rings. The van der Waals surface area contributed by atoms with Crippen LogP contribution in [0.5, 0.6) is 5.88 Å². The minimum absolute atomic E-state index is 0.0970. The fraction of sp³-hybridized carbons (Fsp3) is 0.267. The van der Waals surface area contributed by atoms with Crippen molar-refractivity contribution in [2.24, 2.45) is 0 Å². The fourth-order valence-corrected chi connectivity index (χ4v) is 2.68. The second-order valence-corrected chi connectivity index (χ2v) is 5.57. The van der Waals surface area contributed by atoms with Gasteiger partial charge in [-0.25, -0.2) is 9.97 Å². The molecule has 0 unspecified atom stereocenters. The molecule has 22 heavy (non-hydrogen) atoms. The molecular formula is C15H14ClN5O. The van der Waals surface area contributed by atoms with Gasteiger partial charge >= 0.3 is 0 Å². The van der Waals surface area contributed by atoms with Crippen LogP contribution in [0.1, 0.15) is 6.42 Å². The Balaban J connectivity index is 1.72. The Morgan fingerprint density at radius 3 is 3.05 bits per heavy atom. The number of nitrogens with one attached hydrogen (secondary N) is 1. The minimum atomic E-state index is 0.0970. The summed E-state index contributed by atoms with van der Waals surface area (Å²) in [5.74, 6) is 0.914. The zero-order valence-electron chi connectivity index (χ0n) is 11.7. The van der Waals surface area contributed by atoms with Crippen molar-refractivity contribution in [3.8, 4) is 11.8 Å². The van der Waals surface area contributed by atoms with Gasteiger partial charge < -0.3 is 10.1 Å². The van der Waals surface area contributed by atoms with Gasteiger partial charge in [-0.2, -0.15) is 4.98 Å². The van der Waals surface area contributed by atoms with Crippen LogP contribution in [0, 0.1) is 0 Å². The largest absolute Gasteiger partial charge is 0.472 e. The molecule has 7 heteroatoms. The van der Waals surface area contributed by atoms with E-state index < -0.39 is 0 Å². The zero-order valence-corrected chi connectivity index (χ0v) is 12.5. The molecule has 2 aromatic heterocycles. The lowest BCUT2D eigenvalue weighted by Gasteiger charge is -2.13. The molecule has 4 rings (SSSR count). The van der Waals surface area contributed by atoms with E-state index in [2.05, 4.69) is 20.3 Å². The Labute approximate surface area is 132 Å². The van der Waals surface area contributed by atoms with Crippen LogP contribution in [0.25, 0.3) is 17.0 Å². The van der Waals surface area contributed by atoms with Crippen molar-refractivity contribution in [3.63, 3.8) is 0 Å². The zero-order chi connectivity index (χ0) is 14.9. The van der Waals surface area contributed by atoms with E-state index in [0.29, 0.717) is 16.9 Å². The van der Waals surface area contributed by atoms with E-state index in [1.54, 1.807) is 12.5 Å².